The number of hydrogen-bond acceptors (Lipinski definition) is 4. The lowest BCUT2D eigenvalue weighted by atomic mass is 10.3. The molecule has 0 aliphatic heterocycles. The van der Waals surface area contributed by atoms with Crippen molar-refractivity contribution < 1.29 is 9.84 Å². The van der Waals surface area contributed by atoms with Crippen molar-refractivity contribution in [1.29, 1.82) is 0 Å². The highest BCUT2D eigenvalue weighted by molar-refractivity contribution is 5.41. The molecule has 0 aromatic carbocycles. The van der Waals surface area contributed by atoms with Crippen LogP contribution in [0.2, 0.25) is 0 Å². The van der Waals surface area contributed by atoms with Crippen molar-refractivity contribution in [3.63, 3.8) is 0 Å². The van der Waals surface area contributed by atoms with Crippen LogP contribution in [0.3, 0.4) is 0 Å². The highest BCUT2D eigenvalue weighted by Crippen LogP contribution is 2.14. The Morgan fingerprint density at radius 2 is 2.12 bits per heavy atom. The number of hydrogen-bond donors (Lipinski definition) is 2. The van der Waals surface area contributed by atoms with Gasteiger partial charge >= 0.3 is 0 Å². The zero-order chi connectivity index (χ0) is 12.4. The molecule has 0 spiro atoms. The lowest BCUT2D eigenvalue weighted by Gasteiger charge is -2.10. The van der Waals surface area contributed by atoms with Gasteiger partial charge in [-0.15, -0.1) is 0 Å². The molecule has 0 bridgehead atoms. The summed E-state index contributed by atoms with van der Waals surface area (Å²) in [6.45, 7) is 8.42. The molecular weight excluding hydrogens is 204 g/mol. The number of anilines is 1. The standard InChI is InChI=1S/C10H16N2O2.C2H6/c1-8(2)12-10-7-9(3-4-11-10)14-6-5-13;1-2/h3-4,7-8,13H,5-6H2,1-2H3,(H,11,12);1-2H3. The van der Waals surface area contributed by atoms with E-state index in [4.69, 9.17) is 9.84 Å². The SMILES string of the molecule is CC.CC(C)Nc1cc(OCCO)ccn1. The summed E-state index contributed by atoms with van der Waals surface area (Å²) in [4.78, 5) is 4.13. The van der Waals surface area contributed by atoms with Gasteiger partial charge in [-0.2, -0.15) is 0 Å². The summed E-state index contributed by atoms with van der Waals surface area (Å²) in [6.07, 6.45) is 1.68. The molecule has 1 rings (SSSR count). The number of nitrogens with one attached hydrogen (secondary N) is 1. The van der Waals surface area contributed by atoms with Crippen LogP contribution in [0.4, 0.5) is 5.82 Å². The minimum atomic E-state index is 0.0231. The lowest BCUT2D eigenvalue weighted by Crippen LogP contribution is -2.11. The Morgan fingerprint density at radius 3 is 2.69 bits per heavy atom. The van der Waals surface area contributed by atoms with E-state index in [0.29, 0.717) is 12.6 Å². The summed E-state index contributed by atoms with van der Waals surface area (Å²) in [5.74, 6) is 1.51. The third kappa shape index (κ3) is 6.24. The van der Waals surface area contributed by atoms with Crippen molar-refractivity contribution in [1.82, 2.24) is 4.98 Å². The van der Waals surface area contributed by atoms with Crippen LogP contribution in [0.1, 0.15) is 27.7 Å². The van der Waals surface area contributed by atoms with Gasteiger partial charge in [-0.25, -0.2) is 4.98 Å². The van der Waals surface area contributed by atoms with Gasteiger partial charge in [0.1, 0.15) is 18.2 Å². The highest BCUT2D eigenvalue weighted by Gasteiger charge is 1.99. The molecule has 0 radical (unpaired) electrons. The van der Waals surface area contributed by atoms with Crippen molar-refractivity contribution >= 4 is 5.82 Å². The molecule has 92 valence electrons. The zero-order valence-electron chi connectivity index (χ0n) is 10.5. The Morgan fingerprint density at radius 1 is 1.44 bits per heavy atom. The normalized spacial score (nSPS) is 9.38. The second kappa shape index (κ2) is 8.97. The van der Waals surface area contributed by atoms with E-state index in [9.17, 15) is 0 Å². The first-order chi connectivity index (χ1) is 7.72. The molecule has 1 heterocycles. The van der Waals surface area contributed by atoms with E-state index >= 15 is 0 Å². The maximum atomic E-state index is 8.59. The number of nitrogens with zero attached hydrogens (tertiary/aromatic N) is 1. The molecular formula is C12H22N2O2. The fraction of sp³-hybridized carbons (Fsp3) is 0.583. The predicted molar refractivity (Wildman–Crippen MR) is 66.9 cm³/mol. The van der Waals surface area contributed by atoms with Gasteiger partial charge in [0.25, 0.3) is 0 Å². The van der Waals surface area contributed by atoms with Crippen LogP contribution < -0.4 is 10.1 Å². The molecule has 0 saturated carbocycles. The summed E-state index contributed by atoms with van der Waals surface area (Å²) in [7, 11) is 0. The van der Waals surface area contributed by atoms with Crippen molar-refractivity contribution in [3.05, 3.63) is 18.3 Å². The number of aromatic nitrogens is 1. The third-order valence-electron chi connectivity index (χ3n) is 1.53. The molecule has 0 atom stereocenters. The summed E-state index contributed by atoms with van der Waals surface area (Å²) >= 11 is 0. The van der Waals surface area contributed by atoms with Crippen LogP contribution in [0, 0.1) is 0 Å². The van der Waals surface area contributed by atoms with Crippen LogP contribution in [-0.2, 0) is 0 Å². The third-order valence-corrected chi connectivity index (χ3v) is 1.53. The molecule has 0 aliphatic carbocycles. The first-order valence-corrected chi connectivity index (χ1v) is 5.68. The fourth-order valence-electron chi connectivity index (χ4n) is 1.04. The smallest absolute Gasteiger partial charge is 0.129 e. The average Bonchev–Trinajstić information content (AvgIpc) is 2.29. The Kier molecular flexibility index (Phi) is 8.25. The molecule has 16 heavy (non-hydrogen) atoms. The number of rotatable bonds is 5. The molecule has 0 amide bonds. The van der Waals surface area contributed by atoms with E-state index in [1.165, 1.54) is 0 Å². The maximum Gasteiger partial charge on any atom is 0.129 e. The molecule has 1 aromatic rings. The predicted octanol–water partition coefficient (Wildman–Crippen LogP) is 2.30. The lowest BCUT2D eigenvalue weighted by molar-refractivity contribution is 0.201. The highest BCUT2D eigenvalue weighted by atomic mass is 16.5. The van der Waals surface area contributed by atoms with Gasteiger partial charge in [-0.1, -0.05) is 13.8 Å². The zero-order valence-corrected chi connectivity index (χ0v) is 10.5. The summed E-state index contributed by atoms with van der Waals surface area (Å²) in [6, 6.07) is 3.92. The molecule has 0 aliphatic rings. The van der Waals surface area contributed by atoms with Gasteiger partial charge in [0.2, 0.25) is 0 Å². The molecule has 2 N–H and O–H groups in total. The van der Waals surface area contributed by atoms with E-state index in [1.54, 1.807) is 12.3 Å². The van der Waals surface area contributed by atoms with Crippen molar-refractivity contribution in [2.75, 3.05) is 18.5 Å². The monoisotopic (exact) mass is 226 g/mol. The second-order valence-corrected chi connectivity index (χ2v) is 3.25. The minimum Gasteiger partial charge on any atom is -0.491 e. The van der Waals surface area contributed by atoms with Gasteiger partial charge in [0, 0.05) is 18.3 Å². The first kappa shape index (κ1) is 14.7. The van der Waals surface area contributed by atoms with Gasteiger partial charge in [0.15, 0.2) is 0 Å². The maximum absolute atomic E-state index is 8.59. The average molecular weight is 226 g/mol. The van der Waals surface area contributed by atoms with E-state index in [1.807, 2.05) is 33.8 Å². The van der Waals surface area contributed by atoms with E-state index in [2.05, 4.69) is 10.3 Å². The largest absolute Gasteiger partial charge is 0.491 e. The quantitative estimate of drug-likeness (QED) is 0.809. The molecule has 0 fully saturated rings. The second-order valence-electron chi connectivity index (χ2n) is 3.25. The number of ether oxygens (including phenoxy) is 1. The van der Waals surface area contributed by atoms with Gasteiger partial charge in [-0.05, 0) is 19.9 Å². The summed E-state index contributed by atoms with van der Waals surface area (Å²) < 4.78 is 5.25. The van der Waals surface area contributed by atoms with Crippen molar-refractivity contribution in [2.45, 2.75) is 33.7 Å². The molecule has 0 unspecified atom stereocenters. The van der Waals surface area contributed by atoms with E-state index in [0.717, 1.165) is 11.6 Å². The Hall–Kier alpha value is -1.29. The van der Waals surface area contributed by atoms with Gasteiger partial charge < -0.3 is 15.2 Å². The summed E-state index contributed by atoms with van der Waals surface area (Å²) in [5, 5.41) is 11.8. The number of pyridine rings is 1. The first-order valence-electron chi connectivity index (χ1n) is 5.68. The van der Waals surface area contributed by atoms with Crippen molar-refractivity contribution in [2.24, 2.45) is 0 Å². The Bertz CT molecular complexity index is 277. The van der Waals surface area contributed by atoms with Crippen LogP contribution in [-0.4, -0.2) is 29.3 Å². The van der Waals surface area contributed by atoms with E-state index < -0.39 is 0 Å². The number of aliphatic hydroxyl groups is 1. The molecule has 1 aromatic heterocycles. The van der Waals surface area contributed by atoms with Gasteiger partial charge in [0.05, 0.1) is 6.61 Å². The van der Waals surface area contributed by atoms with Crippen LogP contribution in [0.5, 0.6) is 5.75 Å². The topological polar surface area (TPSA) is 54.4 Å². The summed E-state index contributed by atoms with van der Waals surface area (Å²) in [5.41, 5.74) is 0. The van der Waals surface area contributed by atoms with Crippen molar-refractivity contribution in [3.8, 4) is 5.75 Å². The molecule has 4 heteroatoms. The Balaban J connectivity index is 0.00000106. The van der Waals surface area contributed by atoms with Crippen LogP contribution in [0.25, 0.3) is 0 Å². The minimum absolute atomic E-state index is 0.0231. The Labute approximate surface area is 97.7 Å². The van der Waals surface area contributed by atoms with E-state index in [-0.39, 0.29) is 6.61 Å². The van der Waals surface area contributed by atoms with Crippen LogP contribution >= 0.6 is 0 Å². The van der Waals surface area contributed by atoms with Gasteiger partial charge in [-0.3, -0.25) is 0 Å². The number of aliphatic hydroxyl groups excluding tert-OH is 1. The fourth-order valence-corrected chi connectivity index (χ4v) is 1.04. The molecule has 0 saturated heterocycles. The van der Waals surface area contributed by atoms with Crippen LogP contribution in [0.15, 0.2) is 18.3 Å². The molecule has 4 nitrogen and oxygen atoms in total.